The summed E-state index contributed by atoms with van der Waals surface area (Å²) in [7, 11) is 0. The standard InChI is InChI=1S/C7H13NO.C6H13N/c1-3-8-4-2-7(1)5-9-6-7;7-6-4-2-1-3-5-6/h8H,1-6H2;6H,1-5,7H2. The Kier molecular flexibility index (Phi) is 4.62. The van der Waals surface area contributed by atoms with Gasteiger partial charge in [0.1, 0.15) is 0 Å². The van der Waals surface area contributed by atoms with Gasteiger partial charge in [0.25, 0.3) is 0 Å². The maximum atomic E-state index is 5.63. The molecule has 2 saturated heterocycles. The fraction of sp³-hybridized carbons (Fsp3) is 1.00. The van der Waals surface area contributed by atoms with Crippen molar-refractivity contribution in [2.75, 3.05) is 26.3 Å². The first-order chi connectivity index (χ1) is 7.81. The molecular weight excluding hydrogens is 200 g/mol. The van der Waals surface area contributed by atoms with E-state index >= 15 is 0 Å². The van der Waals surface area contributed by atoms with Crippen molar-refractivity contribution in [3.8, 4) is 0 Å². The van der Waals surface area contributed by atoms with Gasteiger partial charge >= 0.3 is 0 Å². The highest BCUT2D eigenvalue weighted by atomic mass is 16.5. The number of piperidine rings is 1. The van der Waals surface area contributed by atoms with E-state index in [4.69, 9.17) is 10.5 Å². The summed E-state index contributed by atoms with van der Waals surface area (Å²) in [6.45, 7) is 4.44. The van der Waals surface area contributed by atoms with Gasteiger partial charge in [-0.3, -0.25) is 0 Å². The molecule has 3 nitrogen and oxygen atoms in total. The molecule has 3 heteroatoms. The van der Waals surface area contributed by atoms with Gasteiger partial charge in [-0.2, -0.15) is 0 Å². The number of ether oxygens (including phenoxy) is 1. The highest BCUT2D eigenvalue weighted by molar-refractivity contribution is 4.89. The van der Waals surface area contributed by atoms with Gasteiger partial charge < -0.3 is 15.8 Å². The quantitative estimate of drug-likeness (QED) is 0.660. The lowest BCUT2D eigenvalue weighted by Crippen LogP contribution is -2.49. The first-order valence-electron chi connectivity index (χ1n) is 6.85. The van der Waals surface area contributed by atoms with Gasteiger partial charge in [0.2, 0.25) is 0 Å². The third kappa shape index (κ3) is 3.44. The molecule has 0 aromatic heterocycles. The highest BCUT2D eigenvalue weighted by Crippen LogP contribution is 2.35. The largest absolute Gasteiger partial charge is 0.380 e. The summed E-state index contributed by atoms with van der Waals surface area (Å²) < 4.78 is 5.19. The highest BCUT2D eigenvalue weighted by Gasteiger charge is 2.38. The summed E-state index contributed by atoms with van der Waals surface area (Å²) in [5.41, 5.74) is 6.25. The van der Waals surface area contributed by atoms with E-state index in [1.807, 2.05) is 0 Å². The molecule has 0 atom stereocenters. The second kappa shape index (κ2) is 5.99. The van der Waals surface area contributed by atoms with E-state index in [1.54, 1.807) is 0 Å². The van der Waals surface area contributed by atoms with E-state index in [0.717, 1.165) is 13.2 Å². The molecule has 1 aliphatic carbocycles. The lowest BCUT2D eigenvalue weighted by molar-refractivity contribution is -0.127. The fourth-order valence-electron chi connectivity index (χ4n) is 2.77. The zero-order valence-corrected chi connectivity index (χ0v) is 10.3. The third-order valence-corrected chi connectivity index (χ3v) is 4.13. The predicted molar refractivity (Wildman–Crippen MR) is 66.4 cm³/mol. The lowest BCUT2D eigenvalue weighted by Gasteiger charge is -2.44. The Hall–Kier alpha value is -0.120. The van der Waals surface area contributed by atoms with Crippen molar-refractivity contribution in [2.45, 2.75) is 51.0 Å². The minimum absolute atomic E-state index is 0.536. The number of nitrogens with one attached hydrogen (secondary N) is 1. The maximum Gasteiger partial charge on any atom is 0.0545 e. The van der Waals surface area contributed by atoms with Crippen molar-refractivity contribution in [3.05, 3.63) is 0 Å². The van der Waals surface area contributed by atoms with Crippen LogP contribution in [0.15, 0.2) is 0 Å². The SMILES string of the molecule is C1CC2(CCN1)COC2.NC1CCCCC1. The van der Waals surface area contributed by atoms with Gasteiger partial charge in [-0.25, -0.2) is 0 Å². The first kappa shape index (κ1) is 12.3. The third-order valence-electron chi connectivity index (χ3n) is 4.13. The smallest absolute Gasteiger partial charge is 0.0545 e. The first-order valence-corrected chi connectivity index (χ1v) is 6.85. The molecule has 0 unspecified atom stereocenters. The second-order valence-corrected chi connectivity index (χ2v) is 5.64. The summed E-state index contributed by atoms with van der Waals surface area (Å²) in [6, 6.07) is 0.536. The molecule has 0 aromatic carbocycles. The molecule has 3 N–H and O–H groups in total. The van der Waals surface area contributed by atoms with Crippen molar-refractivity contribution in [1.29, 1.82) is 0 Å². The van der Waals surface area contributed by atoms with Crippen molar-refractivity contribution >= 4 is 0 Å². The molecule has 3 rings (SSSR count). The van der Waals surface area contributed by atoms with E-state index in [-0.39, 0.29) is 0 Å². The summed E-state index contributed by atoms with van der Waals surface area (Å²) in [4.78, 5) is 0. The number of hydrogen-bond acceptors (Lipinski definition) is 3. The zero-order chi connectivity index (χ0) is 11.3. The normalized spacial score (nSPS) is 29.1. The molecule has 1 saturated carbocycles. The van der Waals surface area contributed by atoms with Crippen LogP contribution in [-0.4, -0.2) is 32.3 Å². The van der Waals surface area contributed by atoms with Crippen LogP contribution in [-0.2, 0) is 4.74 Å². The van der Waals surface area contributed by atoms with Crippen molar-refractivity contribution < 1.29 is 4.74 Å². The average molecular weight is 226 g/mol. The van der Waals surface area contributed by atoms with Crippen LogP contribution < -0.4 is 11.1 Å². The second-order valence-electron chi connectivity index (χ2n) is 5.64. The van der Waals surface area contributed by atoms with Crippen LogP contribution in [0.25, 0.3) is 0 Å². The molecule has 94 valence electrons. The van der Waals surface area contributed by atoms with Crippen LogP contribution in [0.5, 0.6) is 0 Å². The van der Waals surface area contributed by atoms with Crippen LogP contribution in [0.4, 0.5) is 0 Å². The van der Waals surface area contributed by atoms with Crippen LogP contribution in [0.3, 0.4) is 0 Å². The molecule has 2 heterocycles. The van der Waals surface area contributed by atoms with E-state index in [2.05, 4.69) is 5.32 Å². The van der Waals surface area contributed by atoms with Crippen LogP contribution in [0.2, 0.25) is 0 Å². The Balaban J connectivity index is 0.000000125. The summed E-state index contributed by atoms with van der Waals surface area (Å²) >= 11 is 0. The Morgan fingerprint density at radius 2 is 1.62 bits per heavy atom. The molecule has 0 bridgehead atoms. The Bertz CT molecular complexity index is 190. The zero-order valence-electron chi connectivity index (χ0n) is 10.3. The van der Waals surface area contributed by atoms with Gasteiger partial charge in [-0.1, -0.05) is 19.3 Å². The Morgan fingerprint density at radius 1 is 1.00 bits per heavy atom. The Labute approximate surface area is 99.1 Å². The molecule has 0 aromatic rings. The van der Waals surface area contributed by atoms with Crippen LogP contribution >= 0.6 is 0 Å². The molecule has 16 heavy (non-hydrogen) atoms. The topological polar surface area (TPSA) is 47.3 Å². The maximum absolute atomic E-state index is 5.63. The monoisotopic (exact) mass is 226 g/mol. The molecule has 2 aliphatic heterocycles. The van der Waals surface area contributed by atoms with Crippen molar-refractivity contribution in [2.24, 2.45) is 11.1 Å². The van der Waals surface area contributed by atoms with Crippen molar-refractivity contribution in [1.82, 2.24) is 5.32 Å². The minimum atomic E-state index is 0.536. The molecule has 0 radical (unpaired) electrons. The average Bonchev–Trinajstić information content (AvgIpc) is 2.30. The molecule has 0 amide bonds. The molecular formula is C13H26N2O. The number of nitrogens with two attached hydrogens (primary N) is 1. The van der Waals surface area contributed by atoms with Crippen LogP contribution in [0, 0.1) is 5.41 Å². The predicted octanol–water partition coefficient (Wildman–Crippen LogP) is 1.66. The van der Waals surface area contributed by atoms with Crippen LogP contribution in [0.1, 0.15) is 44.9 Å². The van der Waals surface area contributed by atoms with Gasteiger partial charge in [0.05, 0.1) is 13.2 Å². The van der Waals surface area contributed by atoms with E-state index in [9.17, 15) is 0 Å². The van der Waals surface area contributed by atoms with Gasteiger partial charge in [-0.05, 0) is 38.8 Å². The van der Waals surface area contributed by atoms with Crippen molar-refractivity contribution in [3.63, 3.8) is 0 Å². The molecule has 3 aliphatic rings. The van der Waals surface area contributed by atoms with E-state index < -0.39 is 0 Å². The van der Waals surface area contributed by atoms with E-state index in [1.165, 1.54) is 58.0 Å². The van der Waals surface area contributed by atoms with Gasteiger partial charge in [0.15, 0.2) is 0 Å². The van der Waals surface area contributed by atoms with E-state index in [0.29, 0.717) is 11.5 Å². The van der Waals surface area contributed by atoms with Gasteiger partial charge in [-0.15, -0.1) is 0 Å². The number of rotatable bonds is 0. The lowest BCUT2D eigenvalue weighted by atomic mass is 9.77. The van der Waals surface area contributed by atoms with Gasteiger partial charge in [0, 0.05) is 11.5 Å². The Morgan fingerprint density at radius 3 is 1.94 bits per heavy atom. The molecule has 3 fully saturated rings. The summed E-state index contributed by atoms with van der Waals surface area (Å²) in [5.74, 6) is 0. The molecule has 1 spiro atoms. The fourth-order valence-corrected chi connectivity index (χ4v) is 2.77. The summed E-state index contributed by atoms with van der Waals surface area (Å²) in [5, 5.41) is 3.35. The summed E-state index contributed by atoms with van der Waals surface area (Å²) in [6.07, 6.45) is 9.32. The number of hydrogen-bond donors (Lipinski definition) is 2. The minimum Gasteiger partial charge on any atom is -0.380 e.